The molecule has 0 N–H and O–H groups in total. The van der Waals surface area contributed by atoms with Gasteiger partial charge in [-0.15, -0.1) is 0 Å². The van der Waals surface area contributed by atoms with E-state index in [1.807, 2.05) is 154 Å². The first-order valence-electron chi connectivity index (χ1n) is 18.9. The third-order valence-corrected chi connectivity index (χ3v) is 42.5. The lowest BCUT2D eigenvalue weighted by Crippen LogP contribution is -2.49. The van der Waals surface area contributed by atoms with Gasteiger partial charge in [0.05, 0.1) is 20.2 Å². The number of hydrogen-bond acceptors (Lipinski definition) is 21. The Morgan fingerprint density at radius 2 is 0.778 bits per heavy atom. The monoisotopic (exact) mass is 1040 g/mol. The van der Waals surface area contributed by atoms with Gasteiger partial charge in [-0.05, 0) is 165 Å². The van der Waals surface area contributed by atoms with Crippen LogP contribution in [-0.4, -0.2) is 112 Å². The first-order valence-corrected chi connectivity index (χ1v) is 39.8. The van der Waals surface area contributed by atoms with Gasteiger partial charge in [-0.25, -0.2) is 0 Å². The highest BCUT2D eigenvalue weighted by molar-refractivity contribution is 9.29. The van der Waals surface area contributed by atoms with Crippen molar-refractivity contribution in [1.82, 2.24) is 0 Å². The zero-order valence-electron chi connectivity index (χ0n) is 33.3. The molecule has 0 spiro atoms. The molecule has 322 valence electrons. The van der Waals surface area contributed by atoms with Gasteiger partial charge < -0.3 is 39.8 Å². The Morgan fingerprint density at radius 3 is 1.13 bits per heavy atom. The van der Waals surface area contributed by atoms with Crippen LogP contribution in [-0.2, 0) is 39.8 Å². The summed E-state index contributed by atoms with van der Waals surface area (Å²) in [6, 6.07) is 0. The van der Waals surface area contributed by atoms with Gasteiger partial charge in [-0.2, -0.15) is 0 Å². The average Bonchev–Trinajstić information content (AvgIpc) is 3.73. The summed E-state index contributed by atoms with van der Waals surface area (Å²) in [5.41, 5.74) is 0. The van der Waals surface area contributed by atoms with Crippen LogP contribution in [0.3, 0.4) is 0 Å². The molecule has 0 radical (unpaired) electrons. The summed E-state index contributed by atoms with van der Waals surface area (Å²) in [5.74, 6) is 3.30. The van der Waals surface area contributed by atoms with E-state index in [2.05, 4.69) is 21.6 Å². The number of hydrogen-bond donors (Lipinski definition) is 0. The van der Waals surface area contributed by atoms with Crippen molar-refractivity contribution in [2.45, 2.75) is 92.1 Å². The molecule has 24 heteroatoms. The fraction of sp³-hybridized carbons (Fsp3) is 1.00. The molecule has 0 aromatic carbocycles. The zero-order chi connectivity index (χ0) is 39.6. The van der Waals surface area contributed by atoms with Gasteiger partial charge in [0.1, 0.15) is 0 Å². The molecule has 54 heavy (non-hydrogen) atoms. The van der Waals surface area contributed by atoms with E-state index < -0.39 is 26.4 Å². The lowest BCUT2D eigenvalue weighted by molar-refractivity contribution is 0.0765. The first-order chi connectivity index (χ1) is 26.3. The van der Waals surface area contributed by atoms with E-state index in [1.54, 1.807) is 10.8 Å². The van der Waals surface area contributed by atoms with E-state index in [-0.39, 0.29) is 4.08 Å². The van der Waals surface area contributed by atoms with Crippen LogP contribution >= 0.6 is 124 Å². The number of rotatable bonds is 38. The molecule has 0 amide bonds. The van der Waals surface area contributed by atoms with E-state index in [4.69, 9.17) is 39.8 Å². The fourth-order valence-corrected chi connectivity index (χ4v) is 44.2. The van der Waals surface area contributed by atoms with Crippen LogP contribution in [0.15, 0.2) is 0 Å². The predicted octanol–water partition coefficient (Wildman–Crippen LogP) is 12.9. The van der Waals surface area contributed by atoms with Gasteiger partial charge in [0, 0.05) is 65.2 Å². The van der Waals surface area contributed by atoms with E-state index in [9.17, 15) is 0 Å². The summed E-state index contributed by atoms with van der Waals surface area (Å²) in [7, 11) is 14.9. The van der Waals surface area contributed by atoms with Crippen LogP contribution in [0, 0.1) is 17.8 Å². The van der Waals surface area contributed by atoms with Crippen LogP contribution in [0.1, 0.15) is 88.0 Å². The molecular formula is C30H64O9S12Si3. The summed E-state index contributed by atoms with van der Waals surface area (Å²) < 4.78 is 55.0. The maximum Gasteiger partial charge on any atom is 0.512 e. The third kappa shape index (κ3) is 18.7. The van der Waals surface area contributed by atoms with Gasteiger partial charge in [0.2, 0.25) is 0 Å². The van der Waals surface area contributed by atoms with Gasteiger partial charge in [0.25, 0.3) is 0 Å². The van der Waals surface area contributed by atoms with Crippen molar-refractivity contribution in [3.63, 3.8) is 0 Å². The molecular weight excluding hydrogens is 973 g/mol. The molecule has 2 aliphatic carbocycles. The van der Waals surface area contributed by atoms with E-state index in [1.165, 1.54) is 25.7 Å². The zero-order valence-corrected chi connectivity index (χ0v) is 46.1. The largest absolute Gasteiger partial charge is 0.512 e. The third-order valence-electron chi connectivity index (χ3n) is 8.23. The molecule has 0 heterocycles. The van der Waals surface area contributed by atoms with Gasteiger partial charge in [-0.1, -0.05) is 64.8 Å². The van der Waals surface area contributed by atoms with Crippen molar-refractivity contribution in [3.05, 3.63) is 0 Å². The fourth-order valence-electron chi connectivity index (χ4n) is 6.53. The Morgan fingerprint density at radius 1 is 0.444 bits per heavy atom. The quantitative estimate of drug-likeness (QED) is 0.0254. The standard InChI is InChI=1S/C30H64O9S12Si3/c1-10-31-52(32-11-2,33-12-3)24-41-47-46-40-22-21-29-27-19-20-28(23-27)30(29,44-50-48-42-25-53(34-13-4,35-14-5)36-15-6)45-51-49-43-26-54(37-16-7,38-17-8)39-18-9/h27-29H,10-26H2,1-9H3. The minimum Gasteiger partial charge on any atom is -0.373 e. The molecule has 0 aromatic heterocycles. The molecule has 2 aliphatic rings. The Kier molecular flexibility index (Phi) is 32.6. The van der Waals surface area contributed by atoms with E-state index in [0.717, 1.165) is 27.8 Å². The highest BCUT2D eigenvalue weighted by Gasteiger charge is 2.59. The molecule has 3 unspecified atom stereocenters. The molecule has 2 fully saturated rings. The van der Waals surface area contributed by atoms with Crippen molar-refractivity contribution in [2.24, 2.45) is 17.8 Å². The minimum absolute atomic E-state index is 0.146. The van der Waals surface area contributed by atoms with Gasteiger partial charge >= 0.3 is 26.4 Å². The smallest absolute Gasteiger partial charge is 0.373 e. The molecule has 2 saturated carbocycles. The Labute approximate surface area is 377 Å². The highest BCUT2D eigenvalue weighted by atomic mass is 33.7. The lowest BCUT2D eigenvalue weighted by Gasteiger charge is -2.41. The molecule has 0 saturated heterocycles. The second kappa shape index (κ2) is 32.2. The topological polar surface area (TPSA) is 83.1 Å². The Bertz CT molecular complexity index is 865. The Balaban J connectivity index is 2.06. The maximum atomic E-state index is 6.13. The van der Waals surface area contributed by atoms with Crippen LogP contribution in [0.4, 0.5) is 0 Å². The molecule has 9 nitrogen and oxygen atoms in total. The maximum absolute atomic E-state index is 6.13. The SMILES string of the molecule is CCO[Si](CSSSSCCC1C2CCC(C2)C1(SSSSC[Si](OCC)(OCC)OCC)SSSSC[Si](OCC)(OCC)OCC)(OCC)OCC. The summed E-state index contributed by atoms with van der Waals surface area (Å²) in [5, 5.41) is 2.25. The molecule has 2 rings (SSSR count). The van der Waals surface area contributed by atoms with Crippen molar-refractivity contribution in [2.75, 3.05) is 81.3 Å². The lowest BCUT2D eigenvalue weighted by atomic mass is 9.86. The van der Waals surface area contributed by atoms with Crippen molar-refractivity contribution >= 4 is 150 Å². The highest BCUT2D eigenvalue weighted by Crippen LogP contribution is 2.73. The first kappa shape index (κ1) is 54.6. The van der Waals surface area contributed by atoms with Crippen molar-refractivity contribution in [1.29, 1.82) is 0 Å². The molecule has 0 aliphatic heterocycles. The summed E-state index contributed by atoms with van der Waals surface area (Å²) in [6.45, 7) is 23.6. The summed E-state index contributed by atoms with van der Waals surface area (Å²) >= 11 is 0. The normalized spacial score (nSPS) is 20.1. The molecule has 2 bridgehead atoms. The second-order valence-corrected chi connectivity index (χ2v) is 39.4. The van der Waals surface area contributed by atoms with Crippen LogP contribution in [0.25, 0.3) is 0 Å². The van der Waals surface area contributed by atoms with Crippen molar-refractivity contribution < 1.29 is 39.8 Å². The Hall–Kier alpha value is 4.49. The number of fused-ring (bicyclic) bond motifs is 2. The molecule has 3 atom stereocenters. The minimum atomic E-state index is -2.69. The van der Waals surface area contributed by atoms with E-state index in [0.29, 0.717) is 71.3 Å². The van der Waals surface area contributed by atoms with Gasteiger partial charge in [-0.3, -0.25) is 0 Å². The van der Waals surface area contributed by atoms with Gasteiger partial charge in [0.15, 0.2) is 0 Å². The van der Waals surface area contributed by atoms with Crippen LogP contribution in [0.2, 0.25) is 0 Å². The second-order valence-electron chi connectivity index (χ2n) is 11.5. The van der Waals surface area contributed by atoms with Crippen molar-refractivity contribution in [3.8, 4) is 0 Å². The van der Waals surface area contributed by atoms with E-state index >= 15 is 0 Å². The van der Waals surface area contributed by atoms with Crippen LogP contribution in [0.5, 0.6) is 0 Å². The average molecular weight is 1040 g/mol. The molecule has 0 aromatic rings. The summed E-state index contributed by atoms with van der Waals surface area (Å²) in [4.78, 5) is 0. The summed E-state index contributed by atoms with van der Waals surface area (Å²) in [6.07, 6.45) is 5.24. The van der Waals surface area contributed by atoms with Crippen LogP contribution < -0.4 is 0 Å². The predicted molar refractivity (Wildman–Crippen MR) is 264 cm³/mol.